The van der Waals surface area contributed by atoms with E-state index in [1.54, 1.807) is 6.92 Å². The summed E-state index contributed by atoms with van der Waals surface area (Å²) in [6.07, 6.45) is 4.32. The summed E-state index contributed by atoms with van der Waals surface area (Å²) in [6.45, 7) is 7.89. The molecule has 3 aliphatic heterocycles. The van der Waals surface area contributed by atoms with E-state index >= 15 is 0 Å². The topological polar surface area (TPSA) is 53.1 Å². The molecule has 4 fully saturated rings. The number of ether oxygens (including phenoxy) is 1. The number of hydrogen-bond donors (Lipinski definition) is 0. The Morgan fingerprint density at radius 2 is 1.68 bits per heavy atom. The summed E-state index contributed by atoms with van der Waals surface area (Å²) in [5.41, 5.74) is 0. The molecule has 0 aromatic heterocycles. The molecule has 4 rings (SSSR count). The summed E-state index contributed by atoms with van der Waals surface area (Å²) in [4.78, 5) is 30.3. The maximum Gasteiger partial charge on any atom is 0.409 e. The Hall–Kier alpha value is -1.30. The van der Waals surface area contributed by atoms with Crippen LogP contribution in [0.3, 0.4) is 0 Å². The predicted molar refractivity (Wildman–Crippen MR) is 94.0 cm³/mol. The molecule has 25 heavy (non-hydrogen) atoms. The molecule has 5 atom stereocenters. The third kappa shape index (κ3) is 2.92. The van der Waals surface area contributed by atoms with Crippen LogP contribution in [0.1, 0.15) is 39.5 Å². The average Bonchev–Trinajstić information content (AvgIpc) is 2.91. The predicted octanol–water partition coefficient (Wildman–Crippen LogP) is 1.79. The lowest BCUT2D eigenvalue weighted by Crippen LogP contribution is -2.52. The van der Waals surface area contributed by atoms with Crippen molar-refractivity contribution >= 4 is 12.0 Å². The van der Waals surface area contributed by atoms with Crippen molar-refractivity contribution in [1.29, 1.82) is 0 Å². The van der Waals surface area contributed by atoms with Crippen LogP contribution < -0.4 is 0 Å². The average molecular weight is 349 g/mol. The molecule has 2 amide bonds. The first-order valence-electron chi connectivity index (χ1n) is 9.89. The van der Waals surface area contributed by atoms with Gasteiger partial charge in [-0.15, -0.1) is 0 Å². The second-order valence-electron chi connectivity index (χ2n) is 8.39. The minimum absolute atomic E-state index is 0.140. The lowest BCUT2D eigenvalue weighted by Gasteiger charge is -2.42. The van der Waals surface area contributed by atoms with Crippen molar-refractivity contribution in [2.45, 2.75) is 57.7 Å². The van der Waals surface area contributed by atoms with E-state index in [2.05, 4.69) is 11.8 Å². The first-order chi connectivity index (χ1) is 12.0. The fraction of sp³-hybridized carbons (Fsp3) is 0.895. The Morgan fingerprint density at radius 1 is 1.08 bits per heavy atom. The monoisotopic (exact) mass is 349 g/mol. The van der Waals surface area contributed by atoms with Gasteiger partial charge >= 0.3 is 6.09 Å². The number of likely N-dealkylation sites (tertiary alicyclic amines) is 1. The fourth-order valence-electron chi connectivity index (χ4n) is 5.84. The molecule has 0 spiro atoms. The normalized spacial score (nSPS) is 39.2. The van der Waals surface area contributed by atoms with E-state index in [-0.39, 0.29) is 12.0 Å². The summed E-state index contributed by atoms with van der Waals surface area (Å²) in [5.74, 6) is 2.48. The molecular weight excluding hydrogens is 318 g/mol. The van der Waals surface area contributed by atoms with Gasteiger partial charge in [0.2, 0.25) is 5.91 Å². The second-order valence-corrected chi connectivity index (χ2v) is 8.39. The first kappa shape index (κ1) is 17.1. The number of rotatable bonds is 4. The van der Waals surface area contributed by atoms with Gasteiger partial charge in [0.25, 0.3) is 0 Å². The molecular formula is C19H31N3O3. The summed E-state index contributed by atoms with van der Waals surface area (Å²) in [6, 6.07) is 1.37. The Balaban J connectivity index is 1.30. The molecule has 0 aromatic carbocycles. The van der Waals surface area contributed by atoms with Crippen LogP contribution in [0.25, 0.3) is 0 Å². The van der Waals surface area contributed by atoms with Crippen LogP contribution >= 0.6 is 0 Å². The number of hydrogen-bond acceptors (Lipinski definition) is 4. The van der Waals surface area contributed by atoms with Crippen LogP contribution in [0.15, 0.2) is 0 Å². The van der Waals surface area contributed by atoms with Crippen LogP contribution in [0.4, 0.5) is 4.79 Å². The van der Waals surface area contributed by atoms with Gasteiger partial charge in [0.05, 0.1) is 7.11 Å². The fourth-order valence-corrected chi connectivity index (χ4v) is 5.84. The Bertz CT molecular complexity index is 528. The van der Waals surface area contributed by atoms with Crippen LogP contribution in [-0.2, 0) is 9.53 Å². The molecule has 0 N–H and O–H groups in total. The first-order valence-corrected chi connectivity index (χ1v) is 9.89. The highest BCUT2D eigenvalue weighted by molar-refractivity contribution is 5.73. The van der Waals surface area contributed by atoms with Gasteiger partial charge in [-0.2, -0.15) is 0 Å². The zero-order valence-corrected chi connectivity index (χ0v) is 15.7. The van der Waals surface area contributed by atoms with Gasteiger partial charge in [-0.3, -0.25) is 9.69 Å². The summed E-state index contributed by atoms with van der Waals surface area (Å²) in [7, 11) is 1.49. The largest absolute Gasteiger partial charge is 0.453 e. The maximum atomic E-state index is 12.0. The molecule has 3 saturated heterocycles. The minimum Gasteiger partial charge on any atom is -0.453 e. The summed E-state index contributed by atoms with van der Waals surface area (Å²) >= 11 is 0. The van der Waals surface area contributed by atoms with E-state index in [0.717, 1.165) is 50.6 Å². The van der Waals surface area contributed by atoms with Crippen molar-refractivity contribution in [3.63, 3.8) is 0 Å². The Morgan fingerprint density at radius 3 is 2.16 bits per heavy atom. The molecule has 1 saturated carbocycles. The third-order valence-electron chi connectivity index (χ3n) is 7.27. The molecule has 1 aliphatic carbocycles. The van der Waals surface area contributed by atoms with Crippen molar-refractivity contribution in [2.75, 3.05) is 33.3 Å². The van der Waals surface area contributed by atoms with Crippen LogP contribution in [0, 0.1) is 17.8 Å². The molecule has 2 bridgehead atoms. The lowest BCUT2D eigenvalue weighted by molar-refractivity contribution is -0.129. The van der Waals surface area contributed by atoms with Crippen LogP contribution in [0.5, 0.6) is 0 Å². The van der Waals surface area contributed by atoms with Gasteiger partial charge in [0.15, 0.2) is 0 Å². The van der Waals surface area contributed by atoms with E-state index < -0.39 is 0 Å². The maximum absolute atomic E-state index is 12.0. The number of piperidine rings is 2. The Kier molecular flexibility index (Phi) is 4.42. The summed E-state index contributed by atoms with van der Waals surface area (Å²) < 4.78 is 4.98. The number of fused-ring (bicyclic) bond motifs is 3. The minimum atomic E-state index is -0.140. The van der Waals surface area contributed by atoms with Crippen LogP contribution in [0.2, 0.25) is 0 Å². The van der Waals surface area contributed by atoms with Gasteiger partial charge in [-0.05, 0) is 50.4 Å². The van der Waals surface area contributed by atoms with Gasteiger partial charge in [-0.25, -0.2) is 4.79 Å². The Labute approximate surface area is 150 Å². The third-order valence-corrected chi connectivity index (χ3v) is 7.27. The quantitative estimate of drug-likeness (QED) is 0.777. The van der Waals surface area contributed by atoms with Crippen molar-refractivity contribution in [1.82, 2.24) is 14.7 Å². The van der Waals surface area contributed by atoms with E-state index in [9.17, 15) is 9.59 Å². The molecule has 4 aliphatic rings. The van der Waals surface area contributed by atoms with Crippen molar-refractivity contribution in [3.8, 4) is 0 Å². The number of amides is 2. The zero-order valence-electron chi connectivity index (χ0n) is 15.7. The number of nitrogens with zero attached hydrogens (tertiary/aromatic N) is 3. The van der Waals surface area contributed by atoms with Gasteiger partial charge in [0.1, 0.15) is 0 Å². The van der Waals surface area contributed by atoms with Crippen LogP contribution in [-0.4, -0.2) is 78.1 Å². The summed E-state index contributed by atoms with van der Waals surface area (Å²) in [5, 5.41) is 0. The number of methoxy groups -OCH3 is 1. The molecule has 6 heteroatoms. The molecule has 3 heterocycles. The smallest absolute Gasteiger partial charge is 0.409 e. The van der Waals surface area contributed by atoms with Gasteiger partial charge in [0, 0.05) is 51.2 Å². The van der Waals surface area contributed by atoms with Crippen molar-refractivity contribution in [3.05, 3.63) is 0 Å². The molecule has 3 unspecified atom stereocenters. The number of carbonyl (C=O) groups excluding carboxylic acids is 2. The molecule has 0 aromatic rings. The second kappa shape index (κ2) is 6.45. The van der Waals surface area contributed by atoms with E-state index in [0.29, 0.717) is 24.0 Å². The highest BCUT2D eigenvalue weighted by Gasteiger charge is 2.58. The van der Waals surface area contributed by atoms with Crippen molar-refractivity contribution < 1.29 is 14.3 Å². The van der Waals surface area contributed by atoms with Gasteiger partial charge in [-0.1, -0.05) is 0 Å². The van der Waals surface area contributed by atoms with E-state index in [1.807, 2.05) is 9.80 Å². The van der Waals surface area contributed by atoms with Gasteiger partial charge < -0.3 is 14.5 Å². The van der Waals surface area contributed by atoms with Crippen molar-refractivity contribution in [2.24, 2.45) is 17.8 Å². The highest BCUT2D eigenvalue weighted by Crippen LogP contribution is 2.53. The standard InChI is InChI=1S/C19H31N3O3/c1-4-20(12(2)23)9-16-17-10-21(11-18(16)17)15-7-13-5-6-14(8-15)22(13)19(24)25-3/h13-18H,4-11H2,1-3H3/t13?,14?,15?,16?,17-,18+. The number of carbonyl (C=O) groups is 2. The molecule has 6 nitrogen and oxygen atoms in total. The SMILES string of the molecule is CCN(CC1[C@H]2CN(C3CC4CCC(C3)N4C(=O)OC)C[C@@H]12)C(C)=O. The highest BCUT2D eigenvalue weighted by atomic mass is 16.5. The zero-order chi connectivity index (χ0) is 17.7. The van der Waals surface area contributed by atoms with E-state index in [1.165, 1.54) is 20.2 Å². The molecule has 140 valence electrons. The van der Waals surface area contributed by atoms with E-state index in [4.69, 9.17) is 4.74 Å². The molecule has 0 radical (unpaired) electrons. The lowest BCUT2D eigenvalue weighted by atomic mass is 9.96.